The predicted molar refractivity (Wildman–Crippen MR) is 61.2 cm³/mol. The summed E-state index contributed by atoms with van der Waals surface area (Å²) in [5, 5.41) is 9.51. The fourth-order valence-electron chi connectivity index (χ4n) is 1.93. The molecule has 0 saturated heterocycles. The van der Waals surface area contributed by atoms with E-state index in [-0.39, 0.29) is 6.10 Å². The predicted octanol–water partition coefficient (Wildman–Crippen LogP) is 3.45. The summed E-state index contributed by atoms with van der Waals surface area (Å²) in [6.07, 6.45) is 11.6. The summed E-state index contributed by atoms with van der Waals surface area (Å²) in [5.74, 6) is 0.765. The Bertz CT molecular complexity index is 199. The first kappa shape index (κ1) is 11.5. The summed E-state index contributed by atoms with van der Waals surface area (Å²) in [6.45, 7) is 5.61. The topological polar surface area (TPSA) is 20.2 Å². The van der Waals surface area contributed by atoms with Gasteiger partial charge in [-0.15, -0.1) is 0 Å². The van der Waals surface area contributed by atoms with Crippen LogP contribution in [0.25, 0.3) is 0 Å². The van der Waals surface area contributed by atoms with E-state index in [1.165, 1.54) is 32.1 Å². The third-order valence-corrected chi connectivity index (χ3v) is 2.99. The molecule has 14 heavy (non-hydrogen) atoms. The van der Waals surface area contributed by atoms with Crippen LogP contribution in [0.15, 0.2) is 24.3 Å². The highest BCUT2D eigenvalue weighted by Crippen LogP contribution is 2.24. The molecule has 1 rings (SSSR count). The number of aliphatic hydroxyl groups is 1. The molecule has 0 spiro atoms. The molecule has 0 aromatic rings. The van der Waals surface area contributed by atoms with Gasteiger partial charge in [0, 0.05) is 0 Å². The molecule has 80 valence electrons. The molecule has 1 aliphatic rings. The number of rotatable bonds is 4. The van der Waals surface area contributed by atoms with Gasteiger partial charge in [0.2, 0.25) is 0 Å². The van der Waals surface area contributed by atoms with Gasteiger partial charge in [0.15, 0.2) is 0 Å². The van der Waals surface area contributed by atoms with Crippen LogP contribution in [-0.4, -0.2) is 11.2 Å². The lowest BCUT2D eigenvalue weighted by Crippen LogP contribution is -2.06. The average Bonchev–Trinajstić information content (AvgIpc) is 2.19. The third-order valence-electron chi connectivity index (χ3n) is 2.99. The van der Waals surface area contributed by atoms with Crippen molar-refractivity contribution >= 4 is 0 Å². The Labute approximate surface area is 87.5 Å². The van der Waals surface area contributed by atoms with Crippen molar-refractivity contribution in [2.75, 3.05) is 0 Å². The summed E-state index contributed by atoms with van der Waals surface area (Å²) in [6, 6.07) is 0. The molecule has 1 unspecified atom stereocenters. The molecule has 0 radical (unpaired) electrons. The van der Waals surface area contributed by atoms with Crippen LogP contribution in [0, 0.1) is 5.92 Å². The van der Waals surface area contributed by atoms with Crippen LogP contribution in [0.1, 0.15) is 45.4 Å². The zero-order chi connectivity index (χ0) is 10.4. The molecule has 1 saturated carbocycles. The Hall–Kier alpha value is -0.560. The fourth-order valence-corrected chi connectivity index (χ4v) is 1.93. The van der Waals surface area contributed by atoms with Crippen LogP contribution in [0.4, 0.5) is 0 Å². The van der Waals surface area contributed by atoms with Crippen molar-refractivity contribution in [2.24, 2.45) is 5.92 Å². The standard InChI is InChI=1S/C13H22O/c1-11(2)13(14)10-6-9-12-7-4-3-5-8-12/h6,9,12-14H,1,3-5,7-8,10H2,2H3/b9-6+. The van der Waals surface area contributed by atoms with Crippen molar-refractivity contribution < 1.29 is 5.11 Å². The van der Waals surface area contributed by atoms with E-state index in [1.54, 1.807) is 0 Å². The fraction of sp³-hybridized carbons (Fsp3) is 0.692. The average molecular weight is 194 g/mol. The van der Waals surface area contributed by atoms with Gasteiger partial charge >= 0.3 is 0 Å². The molecule has 1 atom stereocenters. The summed E-state index contributed by atoms with van der Waals surface area (Å²) >= 11 is 0. The van der Waals surface area contributed by atoms with E-state index in [4.69, 9.17) is 0 Å². The van der Waals surface area contributed by atoms with Crippen molar-refractivity contribution in [1.29, 1.82) is 0 Å². The molecule has 1 fully saturated rings. The molecular formula is C13H22O. The highest BCUT2D eigenvalue weighted by atomic mass is 16.3. The smallest absolute Gasteiger partial charge is 0.0779 e. The van der Waals surface area contributed by atoms with Gasteiger partial charge in [0.05, 0.1) is 6.10 Å². The highest BCUT2D eigenvalue weighted by molar-refractivity contribution is 5.01. The molecule has 1 nitrogen and oxygen atoms in total. The molecule has 0 aromatic carbocycles. The van der Waals surface area contributed by atoms with Crippen molar-refractivity contribution in [1.82, 2.24) is 0 Å². The van der Waals surface area contributed by atoms with Crippen LogP contribution < -0.4 is 0 Å². The van der Waals surface area contributed by atoms with E-state index in [0.717, 1.165) is 17.9 Å². The maximum absolute atomic E-state index is 9.51. The van der Waals surface area contributed by atoms with Crippen molar-refractivity contribution in [3.63, 3.8) is 0 Å². The minimum Gasteiger partial charge on any atom is -0.388 e. The number of aliphatic hydroxyl groups excluding tert-OH is 1. The third kappa shape index (κ3) is 4.10. The molecular weight excluding hydrogens is 172 g/mol. The monoisotopic (exact) mass is 194 g/mol. The van der Waals surface area contributed by atoms with Gasteiger partial charge in [-0.05, 0) is 32.1 Å². The lowest BCUT2D eigenvalue weighted by atomic mass is 9.89. The van der Waals surface area contributed by atoms with Crippen molar-refractivity contribution in [2.45, 2.75) is 51.6 Å². The molecule has 1 N–H and O–H groups in total. The van der Waals surface area contributed by atoms with Gasteiger partial charge in [0.1, 0.15) is 0 Å². The molecule has 0 aliphatic heterocycles. The van der Waals surface area contributed by atoms with Gasteiger partial charge in [0.25, 0.3) is 0 Å². The van der Waals surface area contributed by atoms with Gasteiger partial charge in [-0.1, -0.05) is 43.6 Å². The maximum Gasteiger partial charge on any atom is 0.0779 e. The van der Waals surface area contributed by atoms with E-state index >= 15 is 0 Å². The van der Waals surface area contributed by atoms with Gasteiger partial charge in [-0.3, -0.25) is 0 Å². The first-order chi connectivity index (χ1) is 6.70. The van der Waals surface area contributed by atoms with Crippen molar-refractivity contribution in [3.8, 4) is 0 Å². The molecule has 0 amide bonds. The Balaban J connectivity index is 2.21. The number of hydrogen-bond donors (Lipinski definition) is 1. The van der Waals surface area contributed by atoms with Crippen LogP contribution in [-0.2, 0) is 0 Å². The highest BCUT2D eigenvalue weighted by Gasteiger charge is 2.09. The summed E-state index contributed by atoms with van der Waals surface area (Å²) in [4.78, 5) is 0. The summed E-state index contributed by atoms with van der Waals surface area (Å²) in [7, 11) is 0. The van der Waals surface area contributed by atoms with E-state index in [0.29, 0.717) is 0 Å². The van der Waals surface area contributed by atoms with Crippen LogP contribution in [0.3, 0.4) is 0 Å². The van der Waals surface area contributed by atoms with Gasteiger partial charge in [-0.25, -0.2) is 0 Å². The second-order valence-corrected chi connectivity index (χ2v) is 4.42. The Morgan fingerprint density at radius 1 is 1.43 bits per heavy atom. The van der Waals surface area contributed by atoms with Crippen LogP contribution in [0.2, 0.25) is 0 Å². The Kier molecular flexibility index (Phi) is 4.95. The Morgan fingerprint density at radius 2 is 2.07 bits per heavy atom. The lowest BCUT2D eigenvalue weighted by molar-refractivity contribution is 0.214. The van der Waals surface area contributed by atoms with Gasteiger partial charge < -0.3 is 5.11 Å². The quantitative estimate of drug-likeness (QED) is 0.680. The van der Waals surface area contributed by atoms with E-state index < -0.39 is 0 Å². The van der Waals surface area contributed by atoms with E-state index in [2.05, 4.69) is 18.7 Å². The summed E-state index contributed by atoms with van der Waals surface area (Å²) < 4.78 is 0. The second kappa shape index (κ2) is 6.02. The zero-order valence-electron chi connectivity index (χ0n) is 9.21. The summed E-state index contributed by atoms with van der Waals surface area (Å²) in [5.41, 5.74) is 0.860. The zero-order valence-corrected chi connectivity index (χ0v) is 9.21. The first-order valence-electron chi connectivity index (χ1n) is 5.70. The molecule has 0 bridgehead atoms. The normalized spacial score (nSPS) is 21.3. The Morgan fingerprint density at radius 3 is 2.64 bits per heavy atom. The molecule has 1 aliphatic carbocycles. The molecule has 0 aromatic heterocycles. The van der Waals surface area contributed by atoms with E-state index in [9.17, 15) is 5.11 Å². The van der Waals surface area contributed by atoms with Gasteiger partial charge in [-0.2, -0.15) is 0 Å². The largest absolute Gasteiger partial charge is 0.388 e. The first-order valence-corrected chi connectivity index (χ1v) is 5.70. The molecule has 1 heteroatoms. The SMILES string of the molecule is C=C(C)C(O)C/C=C/C1CCCCC1. The van der Waals surface area contributed by atoms with Crippen molar-refractivity contribution in [3.05, 3.63) is 24.3 Å². The molecule has 0 heterocycles. The van der Waals surface area contributed by atoms with Crippen LogP contribution in [0.5, 0.6) is 0 Å². The maximum atomic E-state index is 9.51. The number of allylic oxidation sites excluding steroid dienone is 1. The van der Waals surface area contributed by atoms with E-state index in [1.807, 2.05) is 6.92 Å². The second-order valence-electron chi connectivity index (χ2n) is 4.42. The number of hydrogen-bond acceptors (Lipinski definition) is 1. The van der Waals surface area contributed by atoms with Crippen LogP contribution >= 0.6 is 0 Å². The minimum absolute atomic E-state index is 0.352. The lowest BCUT2D eigenvalue weighted by Gasteiger charge is -2.18. The minimum atomic E-state index is -0.352.